The van der Waals surface area contributed by atoms with Crippen LogP contribution in [0.4, 0.5) is 0 Å². The van der Waals surface area contributed by atoms with Gasteiger partial charge in [-0.3, -0.25) is 9.69 Å². The number of nitrogens with two attached hydrogens (primary N) is 1. The molecule has 86 valence electrons. The lowest BCUT2D eigenvalue weighted by Crippen LogP contribution is -2.36. The Hall–Kier alpha value is -1.46. The van der Waals surface area contributed by atoms with Crippen LogP contribution in [0.15, 0.2) is 18.2 Å². The Morgan fingerprint density at radius 1 is 1.44 bits per heavy atom. The summed E-state index contributed by atoms with van der Waals surface area (Å²) in [5.74, 6) is -0.483. The van der Waals surface area contributed by atoms with E-state index < -0.39 is 5.91 Å². The van der Waals surface area contributed by atoms with Gasteiger partial charge in [-0.05, 0) is 12.1 Å². The van der Waals surface area contributed by atoms with Gasteiger partial charge in [-0.2, -0.15) is 0 Å². The van der Waals surface area contributed by atoms with Crippen molar-refractivity contribution < 1.29 is 9.53 Å². The van der Waals surface area contributed by atoms with Gasteiger partial charge in [0, 0.05) is 19.6 Å². The number of rotatable bonds is 3. The van der Waals surface area contributed by atoms with Gasteiger partial charge >= 0.3 is 0 Å². The maximum absolute atomic E-state index is 11.0. The fraction of sp³-hybridized carbons (Fsp3) is 0.455. The first-order chi connectivity index (χ1) is 7.75. The molecular weight excluding hydrogens is 206 g/mol. The van der Waals surface area contributed by atoms with Gasteiger partial charge in [0.1, 0.15) is 5.69 Å². The number of morpholine rings is 1. The molecule has 16 heavy (non-hydrogen) atoms. The maximum Gasteiger partial charge on any atom is 0.267 e. The molecule has 1 saturated heterocycles. The molecule has 1 amide bonds. The minimum atomic E-state index is -0.483. The third-order valence-corrected chi connectivity index (χ3v) is 2.55. The molecule has 0 unspecified atom stereocenters. The molecule has 0 bridgehead atoms. The van der Waals surface area contributed by atoms with Crippen LogP contribution in [0.3, 0.4) is 0 Å². The van der Waals surface area contributed by atoms with Crippen LogP contribution < -0.4 is 5.73 Å². The van der Waals surface area contributed by atoms with Crippen molar-refractivity contribution in [1.29, 1.82) is 0 Å². The standard InChI is InChI=1S/C11H15N3O2/c12-11(15)10-3-1-2-9(13-10)8-14-4-6-16-7-5-14/h1-3H,4-8H2,(H2,12,15). The molecular formula is C11H15N3O2. The van der Waals surface area contributed by atoms with E-state index in [1.54, 1.807) is 6.07 Å². The van der Waals surface area contributed by atoms with Crippen LogP contribution in [0.2, 0.25) is 0 Å². The number of aromatic nitrogens is 1. The molecule has 1 aliphatic rings. The second kappa shape index (κ2) is 5.05. The van der Waals surface area contributed by atoms with Gasteiger partial charge in [-0.25, -0.2) is 4.98 Å². The topological polar surface area (TPSA) is 68.5 Å². The highest BCUT2D eigenvalue weighted by Gasteiger charge is 2.12. The minimum Gasteiger partial charge on any atom is -0.379 e. The van der Waals surface area contributed by atoms with E-state index in [1.165, 1.54) is 0 Å². The zero-order chi connectivity index (χ0) is 11.4. The van der Waals surface area contributed by atoms with Gasteiger partial charge in [-0.15, -0.1) is 0 Å². The van der Waals surface area contributed by atoms with Crippen molar-refractivity contribution in [2.45, 2.75) is 6.54 Å². The molecule has 0 saturated carbocycles. The van der Waals surface area contributed by atoms with Crippen molar-refractivity contribution in [2.24, 2.45) is 5.73 Å². The molecule has 0 atom stereocenters. The van der Waals surface area contributed by atoms with Crippen molar-refractivity contribution >= 4 is 5.91 Å². The van der Waals surface area contributed by atoms with Crippen LogP contribution in [0.5, 0.6) is 0 Å². The van der Waals surface area contributed by atoms with Gasteiger partial charge in [0.15, 0.2) is 0 Å². The fourth-order valence-electron chi connectivity index (χ4n) is 1.69. The first-order valence-electron chi connectivity index (χ1n) is 5.31. The fourth-order valence-corrected chi connectivity index (χ4v) is 1.69. The Morgan fingerprint density at radius 3 is 2.88 bits per heavy atom. The second-order valence-corrected chi connectivity index (χ2v) is 3.77. The number of nitrogens with zero attached hydrogens (tertiary/aromatic N) is 2. The first-order valence-corrected chi connectivity index (χ1v) is 5.31. The van der Waals surface area contributed by atoms with E-state index in [1.807, 2.05) is 12.1 Å². The highest BCUT2D eigenvalue weighted by Crippen LogP contribution is 2.05. The average molecular weight is 221 g/mol. The summed E-state index contributed by atoms with van der Waals surface area (Å²) in [7, 11) is 0. The molecule has 2 heterocycles. The van der Waals surface area contributed by atoms with Crippen molar-refractivity contribution in [3.8, 4) is 0 Å². The van der Waals surface area contributed by atoms with Gasteiger partial charge in [0.25, 0.3) is 5.91 Å². The number of carbonyl (C=O) groups excluding carboxylic acids is 1. The molecule has 1 fully saturated rings. The van der Waals surface area contributed by atoms with Crippen molar-refractivity contribution in [3.63, 3.8) is 0 Å². The molecule has 0 spiro atoms. The lowest BCUT2D eigenvalue weighted by molar-refractivity contribution is 0.0336. The summed E-state index contributed by atoms with van der Waals surface area (Å²) < 4.78 is 5.26. The van der Waals surface area contributed by atoms with Crippen LogP contribution >= 0.6 is 0 Å². The quantitative estimate of drug-likeness (QED) is 0.780. The lowest BCUT2D eigenvalue weighted by Gasteiger charge is -2.26. The summed E-state index contributed by atoms with van der Waals surface area (Å²) in [4.78, 5) is 17.4. The summed E-state index contributed by atoms with van der Waals surface area (Å²) in [6.07, 6.45) is 0. The molecule has 0 aliphatic carbocycles. The van der Waals surface area contributed by atoms with Crippen LogP contribution in [0.25, 0.3) is 0 Å². The summed E-state index contributed by atoms with van der Waals surface area (Å²) in [6, 6.07) is 5.34. The van der Waals surface area contributed by atoms with E-state index in [4.69, 9.17) is 10.5 Å². The average Bonchev–Trinajstić information content (AvgIpc) is 2.30. The molecule has 2 N–H and O–H groups in total. The van der Waals surface area contributed by atoms with Crippen molar-refractivity contribution in [1.82, 2.24) is 9.88 Å². The molecule has 1 aliphatic heterocycles. The Kier molecular flexibility index (Phi) is 3.48. The number of hydrogen-bond donors (Lipinski definition) is 1. The monoisotopic (exact) mass is 221 g/mol. The summed E-state index contributed by atoms with van der Waals surface area (Å²) in [6.45, 7) is 4.07. The third kappa shape index (κ3) is 2.77. The van der Waals surface area contributed by atoms with E-state index in [0.29, 0.717) is 5.69 Å². The lowest BCUT2D eigenvalue weighted by atomic mass is 10.2. The number of carbonyl (C=O) groups is 1. The van der Waals surface area contributed by atoms with Gasteiger partial charge in [-0.1, -0.05) is 6.07 Å². The zero-order valence-corrected chi connectivity index (χ0v) is 9.06. The van der Waals surface area contributed by atoms with E-state index in [-0.39, 0.29) is 0 Å². The van der Waals surface area contributed by atoms with E-state index in [0.717, 1.165) is 38.5 Å². The summed E-state index contributed by atoms with van der Waals surface area (Å²) in [5.41, 5.74) is 6.38. The number of ether oxygens (including phenoxy) is 1. The Balaban J connectivity index is 2.02. The van der Waals surface area contributed by atoms with Crippen LogP contribution in [0.1, 0.15) is 16.2 Å². The highest BCUT2D eigenvalue weighted by atomic mass is 16.5. The van der Waals surface area contributed by atoms with E-state index in [2.05, 4.69) is 9.88 Å². The van der Waals surface area contributed by atoms with Crippen molar-refractivity contribution in [3.05, 3.63) is 29.6 Å². The minimum absolute atomic E-state index is 0.325. The smallest absolute Gasteiger partial charge is 0.267 e. The third-order valence-electron chi connectivity index (χ3n) is 2.55. The van der Waals surface area contributed by atoms with E-state index >= 15 is 0 Å². The van der Waals surface area contributed by atoms with Gasteiger partial charge in [0.05, 0.1) is 18.9 Å². The van der Waals surface area contributed by atoms with Gasteiger partial charge < -0.3 is 10.5 Å². The number of hydrogen-bond acceptors (Lipinski definition) is 4. The second-order valence-electron chi connectivity index (χ2n) is 3.77. The van der Waals surface area contributed by atoms with Crippen LogP contribution in [-0.4, -0.2) is 42.1 Å². The summed E-state index contributed by atoms with van der Waals surface area (Å²) in [5, 5.41) is 0. The number of amides is 1. The Labute approximate surface area is 94.2 Å². The molecule has 1 aromatic heterocycles. The molecule has 1 aromatic rings. The predicted octanol–water partition coefficient (Wildman–Crippen LogP) is 0.0127. The summed E-state index contributed by atoms with van der Waals surface area (Å²) >= 11 is 0. The van der Waals surface area contributed by atoms with Gasteiger partial charge in [0.2, 0.25) is 0 Å². The Bertz CT molecular complexity index is 375. The molecule has 5 heteroatoms. The molecule has 0 radical (unpaired) electrons. The predicted molar refractivity (Wildman–Crippen MR) is 58.9 cm³/mol. The number of pyridine rings is 1. The molecule has 0 aromatic carbocycles. The molecule has 5 nitrogen and oxygen atoms in total. The van der Waals surface area contributed by atoms with Crippen LogP contribution in [0, 0.1) is 0 Å². The Morgan fingerprint density at radius 2 is 2.19 bits per heavy atom. The number of primary amides is 1. The zero-order valence-electron chi connectivity index (χ0n) is 9.06. The van der Waals surface area contributed by atoms with Crippen LogP contribution in [-0.2, 0) is 11.3 Å². The SMILES string of the molecule is NC(=O)c1cccc(CN2CCOCC2)n1. The van der Waals surface area contributed by atoms with E-state index in [9.17, 15) is 4.79 Å². The van der Waals surface area contributed by atoms with Crippen molar-refractivity contribution in [2.75, 3.05) is 26.3 Å². The largest absolute Gasteiger partial charge is 0.379 e. The first kappa shape index (κ1) is 11.0. The molecule has 2 rings (SSSR count). The normalized spacial score (nSPS) is 17.2. The highest BCUT2D eigenvalue weighted by molar-refractivity contribution is 5.90. The maximum atomic E-state index is 11.0.